The van der Waals surface area contributed by atoms with E-state index in [0.717, 1.165) is 5.69 Å². The highest BCUT2D eigenvalue weighted by Crippen LogP contribution is 2.23. The number of amides is 1. The molecule has 1 unspecified atom stereocenters. The number of nitrogens with zero attached hydrogens (tertiary/aromatic N) is 1. The summed E-state index contributed by atoms with van der Waals surface area (Å²) < 4.78 is 0. The molecule has 0 radical (unpaired) electrons. The molecule has 2 N–H and O–H groups in total. The SMILES string of the molecule is CNC(=O)C(C)CN(C)c1ccc(C(=O)O)c(Cl)c1. The summed E-state index contributed by atoms with van der Waals surface area (Å²) in [5, 5.41) is 11.7. The zero-order valence-electron chi connectivity index (χ0n) is 11.1. The average Bonchev–Trinajstić information content (AvgIpc) is 2.36. The van der Waals surface area contributed by atoms with E-state index >= 15 is 0 Å². The van der Waals surface area contributed by atoms with Gasteiger partial charge in [0.1, 0.15) is 0 Å². The van der Waals surface area contributed by atoms with Crippen molar-refractivity contribution in [3.63, 3.8) is 0 Å². The molecule has 5 nitrogen and oxygen atoms in total. The standard InChI is InChI=1S/C13H17ClN2O3/c1-8(12(17)15-2)7-16(3)9-4-5-10(13(18)19)11(14)6-9/h4-6,8H,7H2,1-3H3,(H,15,17)(H,18,19). The highest BCUT2D eigenvalue weighted by Gasteiger charge is 2.15. The zero-order chi connectivity index (χ0) is 14.6. The number of rotatable bonds is 5. The van der Waals surface area contributed by atoms with E-state index in [0.29, 0.717) is 6.54 Å². The van der Waals surface area contributed by atoms with E-state index in [1.165, 1.54) is 6.07 Å². The number of halogens is 1. The van der Waals surface area contributed by atoms with Gasteiger partial charge in [0.2, 0.25) is 5.91 Å². The van der Waals surface area contributed by atoms with Crippen molar-refractivity contribution < 1.29 is 14.7 Å². The Labute approximate surface area is 117 Å². The highest BCUT2D eigenvalue weighted by atomic mass is 35.5. The lowest BCUT2D eigenvalue weighted by Gasteiger charge is -2.23. The molecule has 0 aliphatic rings. The van der Waals surface area contributed by atoms with E-state index in [9.17, 15) is 9.59 Å². The molecule has 0 aliphatic heterocycles. The Bertz CT molecular complexity index is 491. The molecule has 0 aromatic heterocycles. The van der Waals surface area contributed by atoms with Gasteiger partial charge in [0.25, 0.3) is 0 Å². The fourth-order valence-electron chi connectivity index (χ4n) is 1.76. The molecule has 0 saturated heterocycles. The highest BCUT2D eigenvalue weighted by molar-refractivity contribution is 6.33. The Morgan fingerprint density at radius 2 is 2.11 bits per heavy atom. The molecule has 19 heavy (non-hydrogen) atoms. The van der Waals surface area contributed by atoms with Crippen molar-refractivity contribution in [1.82, 2.24) is 5.32 Å². The third kappa shape index (κ3) is 3.86. The van der Waals surface area contributed by atoms with Gasteiger partial charge < -0.3 is 15.3 Å². The Hall–Kier alpha value is -1.75. The second kappa shape index (κ2) is 6.43. The number of carboxylic acid groups (broad SMARTS) is 1. The Balaban J connectivity index is 2.83. The van der Waals surface area contributed by atoms with Crippen LogP contribution in [0.5, 0.6) is 0 Å². The monoisotopic (exact) mass is 284 g/mol. The van der Waals surface area contributed by atoms with E-state index < -0.39 is 5.97 Å². The second-order valence-electron chi connectivity index (χ2n) is 4.37. The van der Waals surface area contributed by atoms with Gasteiger partial charge in [-0.15, -0.1) is 0 Å². The van der Waals surface area contributed by atoms with Crippen LogP contribution in [0.2, 0.25) is 5.02 Å². The van der Waals surface area contributed by atoms with Crippen molar-refractivity contribution in [2.24, 2.45) is 5.92 Å². The van der Waals surface area contributed by atoms with Crippen molar-refractivity contribution >= 4 is 29.2 Å². The largest absolute Gasteiger partial charge is 0.478 e. The molecule has 1 rings (SSSR count). The third-order valence-electron chi connectivity index (χ3n) is 2.87. The molecule has 0 saturated carbocycles. The second-order valence-corrected chi connectivity index (χ2v) is 4.77. The number of hydrogen-bond donors (Lipinski definition) is 2. The molecule has 0 aliphatic carbocycles. The van der Waals surface area contributed by atoms with Crippen LogP contribution >= 0.6 is 11.6 Å². The minimum absolute atomic E-state index is 0.0416. The number of hydrogen-bond acceptors (Lipinski definition) is 3. The van der Waals surface area contributed by atoms with Gasteiger partial charge in [-0.05, 0) is 18.2 Å². The van der Waals surface area contributed by atoms with Gasteiger partial charge in [0.15, 0.2) is 0 Å². The van der Waals surface area contributed by atoms with Gasteiger partial charge >= 0.3 is 5.97 Å². The molecular weight excluding hydrogens is 268 g/mol. The van der Waals surface area contributed by atoms with Gasteiger partial charge in [-0.25, -0.2) is 4.79 Å². The van der Waals surface area contributed by atoms with Gasteiger partial charge in [-0.3, -0.25) is 4.79 Å². The average molecular weight is 285 g/mol. The van der Waals surface area contributed by atoms with Crippen molar-refractivity contribution in [1.29, 1.82) is 0 Å². The minimum atomic E-state index is -1.06. The topological polar surface area (TPSA) is 69.6 Å². The molecule has 1 aromatic carbocycles. The van der Waals surface area contributed by atoms with E-state index in [1.807, 2.05) is 18.9 Å². The summed E-state index contributed by atoms with van der Waals surface area (Å²) in [4.78, 5) is 24.2. The van der Waals surface area contributed by atoms with Crippen molar-refractivity contribution in [2.75, 3.05) is 25.5 Å². The lowest BCUT2D eigenvalue weighted by atomic mass is 10.1. The Morgan fingerprint density at radius 1 is 1.47 bits per heavy atom. The van der Waals surface area contributed by atoms with Crippen LogP contribution < -0.4 is 10.2 Å². The molecule has 6 heteroatoms. The van der Waals surface area contributed by atoms with Crippen LogP contribution in [0, 0.1) is 5.92 Å². The number of carbonyl (C=O) groups is 2. The predicted octanol–water partition coefficient (Wildman–Crippen LogP) is 1.86. The zero-order valence-corrected chi connectivity index (χ0v) is 11.9. The maximum Gasteiger partial charge on any atom is 0.337 e. The smallest absolute Gasteiger partial charge is 0.337 e. The lowest BCUT2D eigenvalue weighted by Crippen LogP contribution is -2.34. The quantitative estimate of drug-likeness (QED) is 0.866. The number of carbonyl (C=O) groups excluding carboxylic acids is 1. The summed E-state index contributed by atoms with van der Waals surface area (Å²) in [6.07, 6.45) is 0. The summed E-state index contributed by atoms with van der Waals surface area (Å²) in [5.74, 6) is -1.27. The fourth-order valence-corrected chi connectivity index (χ4v) is 2.02. The van der Waals surface area contributed by atoms with Crippen LogP contribution in [0.4, 0.5) is 5.69 Å². The molecule has 1 atom stereocenters. The first-order valence-corrected chi connectivity index (χ1v) is 6.20. The van der Waals surface area contributed by atoms with Crippen molar-refractivity contribution in [2.45, 2.75) is 6.92 Å². The number of aromatic carboxylic acids is 1. The first-order valence-electron chi connectivity index (χ1n) is 5.82. The Kier molecular flexibility index (Phi) is 5.18. The first kappa shape index (κ1) is 15.3. The van der Waals surface area contributed by atoms with E-state index in [1.54, 1.807) is 19.2 Å². The Morgan fingerprint density at radius 3 is 2.58 bits per heavy atom. The van der Waals surface area contributed by atoms with Gasteiger partial charge in [0, 0.05) is 26.3 Å². The summed E-state index contributed by atoms with van der Waals surface area (Å²) in [7, 11) is 3.42. The first-order chi connectivity index (χ1) is 8.86. The summed E-state index contributed by atoms with van der Waals surface area (Å²) in [6.45, 7) is 2.34. The van der Waals surface area contributed by atoms with E-state index in [2.05, 4.69) is 5.32 Å². The molecule has 1 amide bonds. The predicted molar refractivity (Wildman–Crippen MR) is 74.9 cm³/mol. The molecular formula is C13H17ClN2O3. The van der Waals surface area contributed by atoms with Crippen molar-refractivity contribution in [3.8, 4) is 0 Å². The lowest BCUT2D eigenvalue weighted by molar-refractivity contribution is -0.123. The minimum Gasteiger partial charge on any atom is -0.478 e. The third-order valence-corrected chi connectivity index (χ3v) is 3.18. The van der Waals surface area contributed by atoms with Gasteiger partial charge in [-0.1, -0.05) is 18.5 Å². The maximum atomic E-state index is 11.4. The van der Waals surface area contributed by atoms with Crippen LogP contribution in [-0.2, 0) is 4.79 Å². The molecule has 1 aromatic rings. The van der Waals surface area contributed by atoms with Gasteiger partial charge in [-0.2, -0.15) is 0 Å². The van der Waals surface area contributed by atoms with E-state index in [-0.39, 0.29) is 22.4 Å². The summed E-state index contributed by atoms with van der Waals surface area (Å²) in [5.41, 5.74) is 0.837. The van der Waals surface area contributed by atoms with Crippen LogP contribution in [-0.4, -0.2) is 37.6 Å². The molecule has 0 heterocycles. The van der Waals surface area contributed by atoms with Crippen LogP contribution in [0.1, 0.15) is 17.3 Å². The fraction of sp³-hybridized carbons (Fsp3) is 0.385. The number of nitrogens with one attached hydrogen (secondary N) is 1. The summed E-state index contributed by atoms with van der Waals surface area (Å²) in [6, 6.07) is 4.72. The van der Waals surface area contributed by atoms with Crippen molar-refractivity contribution in [3.05, 3.63) is 28.8 Å². The molecule has 0 spiro atoms. The van der Waals surface area contributed by atoms with E-state index in [4.69, 9.17) is 16.7 Å². The molecule has 104 valence electrons. The number of anilines is 1. The summed E-state index contributed by atoms with van der Waals surface area (Å²) >= 11 is 5.91. The van der Waals surface area contributed by atoms with Crippen LogP contribution in [0.3, 0.4) is 0 Å². The molecule has 0 fully saturated rings. The maximum absolute atomic E-state index is 11.4. The number of carboxylic acids is 1. The van der Waals surface area contributed by atoms with Gasteiger partial charge in [0.05, 0.1) is 16.5 Å². The van der Waals surface area contributed by atoms with Crippen LogP contribution in [0.15, 0.2) is 18.2 Å². The normalized spacial score (nSPS) is 11.8. The van der Waals surface area contributed by atoms with Crippen LogP contribution in [0.25, 0.3) is 0 Å². The molecule has 0 bridgehead atoms. The number of benzene rings is 1.